The molecule has 180 valence electrons. The molecule has 0 aromatic heterocycles. The number of carboxylic acid groups (broad SMARTS) is 1. The average molecular weight is 492 g/mol. The fourth-order valence-corrected chi connectivity index (χ4v) is 3.79. The second-order valence-electron chi connectivity index (χ2n) is 8.52. The Hall–Kier alpha value is -3.82. The molecule has 7 heteroatoms. The molecule has 3 rings (SSSR count). The van der Waals surface area contributed by atoms with Crippen molar-refractivity contribution >= 4 is 23.5 Å². The van der Waals surface area contributed by atoms with E-state index in [1.165, 1.54) is 0 Å². The number of hydrogen-bond acceptors (Lipinski definition) is 5. The van der Waals surface area contributed by atoms with E-state index in [2.05, 4.69) is 0 Å². The number of carboxylic acids is 1. The highest BCUT2D eigenvalue weighted by Gasteiger charge is 2.29. The zero-order valence-corrected chi connectivity index (χ0v) is 20.4. The molecule has 0 saturated carbocycles. The quantitative estimate of drug-likeness (QED) is 0.328. The largest absolute Gasteiger partial charge is 0.481 e. The summed E-state index contributed by atoms with van der Waals surface area (Å²) < 4.78 is 11.5. The summed E-state index contributed by atoms with van der Waals surface area (Å²) in [6.45, 7) is 5.44. The summed E-state index contributed by atoms with van der Waals surface area (Å²) in [4.78, 5) is 24.2. The van der Waals surface area contributed by atoms with Crippen LogP contribution in [0.3, 0.4) is 0 Å². The Balaban J connectivity index is 1.75. The van der Waals surface area contributed by atoms with E-state index in [-0.39, 0.29) is 5.92 Å². The maximum atomic E-state index is 13.0. The number of carbonyl (C=O) groups is 2. The van der Waals surface area contributed by atoms with Crippen LogP contribution in [0.2, 0.25) is 5.02 Å². The van der Waals surface area contributed by atoms with Crippen LogP contribution in [0.5, 0.6) is 11.5 Å². The van der Waals surface area contributed by atoms with Gasteiger partial charge < -0.3 is 14.6 Å². The first-order chi connectivity index (χ1) is 16.7. The summed E-state index contributed by atoms with van der Waals surface area (Å²) in [6.07, 6.45) is -1.11. The topological polar surface area (TPSA) is 96.6 Å². The molecular formula is C28H26ClNO5. The first-order valence-corrected chi connectivity index (χ1v) is 11.5. The molecule has 0 amide bonds. The molecule has 0 saturated heterocycles. The number of hydrogen-bond donors (Lipinski definition) is 1. The third-order valence-corrected chi connectivity index (χ3v) is 5.90. The van der Waals surface area contributed by atoms with E-state index < -0.39 is 29.9 Å². The maximum absolute atomic E-state index is 13.0. The third-order valence-electron chi connectivity index (χ3n) is 5.65. The molecule has 0 aliphatic carbocycles. The second-order valence-corrected chi connectivity index (χ2v) is 8.96. The van der Waals surface area contributed by atoms with Crippen LogP contribution >= 0.6 is 11.6 Å². The van der Waals surface area contributed by atoms with Gasteiger partial charge in [0.15, 0.2) is 0 Å². The molecule has 3 aromatic carbocycles. The van der Waals surface area contributed by atoms with Crippen molar-refractivity contribution in [3.8, 4) is 17.6 Å². The SMILES string of the molecule is CC(C(=O)O)c1ccc(Oc2cccc(C(C#N)OC(=O)[C@H](c3ccc(Cl)cc3)C(C)C)c2)cc1. The van der Waals surface area contributed by atoms with Crippen molar-refractivity contribution in [2.24, 2.45) is 5.92 Å². The van der Waals surface area contributed by atoms with Crippen LogP contribution in [0.25, 0.3) is 0 Å². The summed E-state index contributed by atoms with van der Waals surface area (Å²) in [6, 6.07) is 22.6. The molecule has 0 fully saturated rings. The Morgan fingerprint density at radius 3 is 2.09 bits per heavy atom. The summed E-state index contributed by atoms with van der Waals surface area (Å²) in [7, 11) is 0. The summed E-state index contributed by atoms with van der Waals surface area (Å²) >= 11 is 5.97. The Kier molecular flexibility index (Phi) is 8.51. The number of esters is 1. The lowest BCUT2D eigenvalue weighted by atomic mass is 9.88. The Labute approximate surface area is 209 Å². The first-order valence-electron chi connectivity index (χ1n) is 11.2. The predicted octanol–water partition coefficient (Wildman–Crippen LogP) is 6.87. The lowest BCUT2D eigenvalue weighted by Gasteiger charge is -2.22. The van der Waals surface area contributed by atoms with Crippen LogP contribution in [0.15, 0.2) is 72.8 Å². The minimum atomic E-state index is -1.11. The van der Waals surface area contributed by atoms with Crippen LogP contribution in [-0.2, 0) is 14.3 Å². The molecule has 0 aliphatic rings. The fraction of sp³-hybridized carbons (Fsp3) is 0.250. The number of rotatable bonds is 9. The van der Waals surface area contributed by atoms with Gasteiger partial charge in [-0.15, -0.1) is 0 Å². The Morgan fingerprint density at radius 2 is 1.51 bits per heavy atom. The van der Waals surface area contributed by atoms with E-state index in [1.54, 1.807) is 79.7 Å². The molecule has 0 heterocycles. The van der Waals surface area contributed by atoms with Crippen molar-refractivity contribution in [2.45, 2.75) is 38.7 Å². The number of halogens is 1. The zero-order valence-electron chi connectivity index (χ0n) is 19.6. The summed E-state index contributed by atoms with van der Waals surface area (Å²) in [5.74, 6) is -1.66. The highest BCUT2D eigenvalue weighted by Crippen LogP contribution is 2.31. The molecule has 0 bridgehead atoms. The number of nitriles is 1. The highest BCUT2D eigenvalue weighted by atomic mass is 35.5. The van der Waals surface area contributed by atoms with Gasteiger partial charge in [0.25, 0.3) is 0 Å². The minimum Gasteiger partial charge on any atom is -0.481 e. The van der Waals surface area contributed by atoms with E-state index in [1.807, 2.05) is 19.9 Å². The average Bonchev–Trinajstić information content (AvgIpc) is 2.84. The Bertz CT molecular complexity index is 1220. The van der Waals surface area contributed by atoms with Gasteiger partial charge >= 0.3 is 11.9 Å². The molecule has 0 spiro atoms. The zero-order chi connectivity index (χ0) is 25.5. The van der Waals surface area contributed by atoms with Crippen molar-refractivity contribution in [2.75, 3.05) is 0 Å². The maximum Gasteiger partial charge on any atom is 0.315 e. The van der Waals surface area contributed by atoms with E-state index >= 15 is 0 Å². The number of ether oxygens (including phenoxy) is 2. The van der Waals surface area contributed by atoms with E-state index in [4.69, 9.17) is 26.2 Å². The van der Waals surface area contributed by atoms with Crippen LogP contribution in [0.1, 0.15) is 55.4 Å². The predicted molar refractivity (Wildman–Crippen MR) is 132 cm³/mol. The molecule has 0 radical (unpaired) electrons. The minimum absolute atomic E-state index is 0.0514. The molecule has 6 nitrogen and oxygen atoms in total. The van der Waals surface area contributed by atoms with Gasteiger partial charge in [0.05, 0.1) is 11.8 Å². The van der Waals surface area contributed by atoms with Crippen molar-refractivity contribution in [1.82, 2.24) is 0 Å². The third kappa shape index (κ3) is 6.62. The van der Waals surface area contributed by atoms with Crippen molar-refractivity contribution in [1.29, 1.82) is 5.26 Å². The van der Waals surface area contributed by atoms with Crippen LogP contribution < -0.4 is 4.74 Å². The normalized spacial score (nSPS) is 13.4. The number of carbonyl (C=O) groups excluding carboxylic acids is 1. The lowest BCUT2D eigenvalue weighted by Crippen LogP contribution is -2.22. The molecule has 3 aromatic rings. The molecule has 3 atom stereocenters. The van der Waals surface area contributed by atoms with Crippen molar-refractivity contribution < 1.29 is 24.2 Å². The van der Waals surface area contributed by atoms with Gasteiger partial charge in [-0.2, -0.15) is 5.26 Å². The van der Waals surface area contributed by atoms with Gasteiger partial charge in [0.2, 0.25) is 6.10 Å². The van der Waals surface area contributed by atoms with Gasteiger partial charge in [-0.1, -0.05) is 61.8 Å². The molecule has 35 heavy (non-hydrogen) atoms. The van der Waals surface area contributed by atoms with Gasteiger partial charge in [0, 0.05) is 10.6 Å². The van der Waals surface area contributed by atoms with Crippen molar-refractivity contribution in [3.05, 3.63) is 94.5 Å². The molecule has 0 aliphatic heterocycles. The summed E-state index contributed by atoms with van der Waals surface area (Å²) in [5, 5.41) is 19.5. The standard InChI is InChI=1S/C28H26ClNO5/c1-17(2)26(20-7-11-22(29)12-8-20)28(33)35-25(16-30)21-5-4-6-24(15-21)34-23-13-9-19(10-14-23)18(3)27(31)32/h4-15,17-18,25-26H,1-3H3,(H,31,32)/t18?,25?,26-/m0/s1. The van der Waals surface area contributed by atoms with Crippen LogP contribution in [0, 0.1) is 17.2 Å². The first kappa shape index (κ1) is 25.8. The van der Waals surface area contributed by atoms with Gasteiger partial charge in [-0.3, -0.25) is 9.59 Å². The number of benzene rings is 3. The van der Waals surface area contributed by atoms with Crippen LogP contribution in [0.4, 0.5) is 0 Å². The van der Waals surface area contributed by atoms with Gasteiger partial charge in [-0.05, 0) is 60.4 Å². The lowest BCUT2D eigenvalue weighted by molar-refractivity contribution is -0.150. The second kappa shape index (κ2) is 11.5. The molecule has 1 N–H and O–H groups in total. The Morgan fingerprint density at radius 1 is 0.886 bits per heavy atom. The summed E-state index contributed by atoms with van der Waals surface area (Å²) in [5.41, 5.74) is 1.91. The highest BCUT2D eigenvalue weighted by molar-refractivity contribution is 6.30. The smallest absolute Gasteiger partial charge is 0.315 e. The van der Waals surface area contributed by atoms with Gasteiger partial charge in [0.1, 0.15) is 17.6 Å². The van der Waals surface area contributed by atoms with E-state index in [0.29, 0.717) is 27.6 Å². The molecular weight excluding hydrogens is 466 g/mol. The van der Waals surface area contributed by atoms with Crippen LogP contribution in [-0.4, -0.2) is 17.0 Å². The van der Waals surface area contributed by atoms with Gasteiger partial charge in [-0.25, -0.2) is 0 Å². The number of nitrogens with zero attached hydrogens (tertiary/aromatic N) is 1. The monoisotopic (exact) mass is 491 g/mol. The van der Waals surface area contributed by atoms with Crippen molar-refractivity contribution in [3.63, 3.8) is 0 Å². The number of aliphatic carboxylic acids is 1. The fourth-order valence-electron chi connectivity index (χ4n) is 3.67. The molecule has 2 unspecified atom stereocenters. The van der Waals surface area contributed by atoms with E-state index in [9.17, 15) is 14.9 Å². The van der Waals surface area contributed by atoms with E-state index in [0.717, 1.165) is 5.56 Å².